The number of benzene rings is 1. The fourth-order valence-electron chi connectivity index (χ4n) is 0.786. The summed E-state index contributed by atoms with van der Waals surface area (Å²) < 4.78 is 0. The highest BCUT2D eigenvalue weighted by Gasteiger charge is 2.12. The van der Waals surface area contributed by atoms with Crippen molar-refractivity contribution in [2.45, 2.75) is 5.38 Å². The quantitative estimate of drug-likeness (QED) is 0.670. The predicted octanol–water partition coefficient (Wildman–Crippen LogP) is 1.45. The molecule has 2 nitrogen and oxygen atoms in total. The minimum atomic E-state index is -0.712. The van der Waals surface area contributed by atoms with Crippen molar-refractivity contribution >= 4 is 17.5 Å². The topological polar surface area (TPSA) is 43.1 Å². The predicted molar refractivity (Wildman–Crippen MR) is 44.2 cm³/mol. The summed E-state index contributed by atoms with van der Waals surface area (Å²) in [6.07, 6.45) is 0. The molecule has 1 rings (SSSR count). The first-order valence-corrected chi connectivity index (χ1v) is 3.64. The molecule has 1 amide bonds. The van der Waals surface area contributed by atoms with Crippen LogP contribution in [0.15, 0.2) is 30.3 Å². The largest absolute Gasteiger partial charge is 0.368 e. The Balaban J connectivity index is 2.85. The molecular weight excluding hydrogens is 162 g/mol. The average Bonchev–Trinajstić information content (AvgIpc) is 2.05. The number of alkyl halides is 1. The van der Waals surface area contributed by atoms with Crippen LogP contribution in [0.5, 0.6) is 0 Å². The highest BCUT2D eigenvalue weighted by molar-refractivity contribution is 6.30. The van der Waals surface area contributed by atoms with Crippen molar-refractivity contribution in [3.8, 4) is 0 Å². The number of primary amides is 1. The van der Waals surface area contributed by atoms with E-state index in [0.29, 0.717) is 0 Å². The van der Waals surface area contributed by atoms with Gasteiger partial charge in [0.25, 0.3) is 0 Å². The van der Waals surface area contributed by atoms with Gasteiger partial charge in [0, 0.05) is 0 Å². The highest BCUT2D eigenvalue weighted by Crippen LogP contribution is 2.18. The van der Waals surface area contributed by atoms with Gasteiger partial charge in [-0.05, 0) is 5.56 Å². The Morgan fingerprint density at radius 2 is 1.91 bits per heavy atom. The number of hydrogen-bond acceptors (Lipinski definition) is 1. The zero-order valence-electron chi connectivity index (χ0n) is 5.83. The third-order valence-electron chi connectivity index (χ3n) is 1.34. The van der Waals surface area contributed by atoms with Crippen LogP contribution in [0.4, 0.5) is 0 Å². The number of carbonyl (C=O) groups is 1. The van der Waals surface area contributed by atoms with E-state index in [0.717, 1.165) is 5.56 Å². The fraction of sp³-hybridized carbons (Fsp3) is 0.125. The summed E-state index contributed by atoms with van der Waals surface area (Å²) in [5, 5.41) is -0.712. The van der Waals surface area contributed by atoms with Gasteiger partial charge in [0.1, 0.15) is 5.38 Å². The normalized spacial score (nSPS) is 12.5. The van der Waals surface area contributed by atoms with E-state index in [1.165, 1.54) is 0 Å². The van der Waals surface area contributed by atoms with Gasteiger partial charge in [-0.15, -0.1) is 11.6 Å². The number of rotatable bonds is 2. The number of hydrogen-bond donors (Lipinski definition) is 1. The maximum Gasteiger partial charge on any atom is 0.240 e. The van der Waals surface area contributed by atoms with Gasteiger partial charge in [-0.3, -0.25) is 4.79 Å². The van der Waals surface area contributed by atoms with Crippen molar-refractivity contribution in [2.75, 3.05) is 0 Å². The Morgan fingerprint density at radius 3 is 2.36 bits per heavy atom. The molecule has 2 N–H and O–H groups in total. The molecule has 0 aliphatic carbocycles. The lowest BCUT2D eigenvalue weighted by molar-refractivity contribution is -0.117. The highest BCUT2D eigenvalue weighted by atomic mass is 35.5. The first-order chi connectivity index (χ1) is 5.22. The second-order valence-corrected chi connectivity index (χ2v) is 2.61. The summed E-state index contributed by atoms with van der Waals surface area (Å²) in [6.45, 7) is 0. The Morgan fingerprint density at radius 1 is 1.36 bits per heavy atom. The van der Waals surface area contributed by atoms with Gasteiger partial charge >= 0.3 is 0 Å². The van der Waals surface area contributed by atoms with Crippen molar-refractivity contribution in [3.63, 3.8) is 0 Å². The second-order valence-electron chi connectivity index (χ2n) is 2.18. The average molecular weight is 170 g/mol. The van der Waals surface area contributed by atoms with Crippen LogP contribution >= 0.6 is 11.6 Å². The van der Waals surface area contributed by atoms with E-state index in [-0.39, 0.29) is 0 Å². The molecule has 3 heteroatoms. The zero-order chi connectivity index (χ0) is 8.27. The Labute approximate surface area is 70.0 Å². The zero-order valence-corrected chi connectivity index (χ0v) is 6.58. The van der Waals surface area contributed by atoms with Gasteiger partial charge in [0.15, 0.2) is 0 Å². The summed E-state index contributed by atoms with van der Waals surface area (Å²) >= 11 is 5.67. The van der Waals surface area contributed by atoms with Gasteiger partial charge < -0.3 is 5.73 Å². The van der Waals surface area contributed by atoms with Crippen LogP contribution in [0.2, 0.25) is 0 Å². The van der Waals surface area contributed by atoms with Crippen LogP contribution in [-0.2, 0) is 4.79 Å². The molecular formula is C8H8ClNO. The molecule has 0 aliphatic rings. The smallest absolute Gasteiger partial charge is 0.240 e. The minimum Gasteiger partial charge on any atom is -0.368 e. The van der Waals surface area contributed by atoms with Gasteiger partial charge in [0.2, 0.25) is 5.91 Å². The molecule has 1 atom stereocenters. The lowest BCUT2D eigenvalue weighted by Gasteiger charge is -2.03. The van der Waals surface area contributed by atoms with Crippen LogP contribution in [-0.4, -0.2) is 5.91 Å². The monoisotopic (exact) mass is 169 g/mol. The lowest BCUT2D eigenvalue weighted by atomic mass is 10.1. The van der Waals surface area contributed by atoms with E-state index in [2.05, 4.69) is 0 Å². The van der Waals surface area contributed by atoms with Crippen molar-refractivity contribution < 1.29 is 4.79 Å². The molecule has 0 fully saturated rings. The first kappa shape index (κ1) is 8.08. The SMILES string of the molecule is NC(=O)C(Cl)c1ccccc1. The molecule has 0 aromatic heterocycles. The van der Waals surface area contributed by atoms with E-state index < -0.39 is 11.3 Å². The molecule has 1 aromatic rings. The number of halogens is 1. The standard InChI is InChI=1S/C8H8ClNO/c9-7(8(10)11)6-4-2-1-3-5-6/h1-5,7H,(H2,10,11). The van der Waals surface area contributed by atoms with Crippen molar-refractivity contribution in [1.29, 1.82) is 0 Å². The van der Waals surface area contributed by atoms with Crippen LogP contribution < -0.4 is 5.73 Å². The maximum atomic E-state index is 10.6. The molecule has 1 unspecified atom stereocenters. The summed E-state index contributed by atoms with van der Waals surface area (Å²) in [6, 6.07) is 9.01. The molecule has 1 aromatic carbocycles. The van der Waals surface area contributed by atoms with Crippen LogP contribution in [0, 0.1) is 0 Å². The van der Waals surface area contributed by atoms with E-state index in [1.54, 1.807) is 12.1 Å². The van der Waals surface area contributed by atoms with E-state index in [1.807, 2.05) is 18.2 Å². The molecule has 0 aliphatic heterocycles. The number of amides is 1. The Hall–Kier alpha value is -1.02. The van der Waals surface area contributed by atoms with Gasteiger partial charge in [-0.25, -0.2) is 0 Å². The molecule has 0 saturated carbocycles. The maximum absolute atomic E-state index is 10.6. The molecule has 0 saturated heterocycles. The van der Waals surface area contributed by atoms with Gasteiger partial charge in [-0.1, -0.05) is 30.3 Å². The van der Waals surface area contributed by atoms with E-state index >= 15 is 0 Å². The van der Waals surface area contributed by atoms with Gasteiger partial charge in [-0.2, -0.15) is 0 Å². The van der Waals surface area contributed by atoms with Gasteiger partial charge in [0.05, 0.1) is 0 Å². The lowest BCUT2D eigenvalue weighted by Crippen LogP contribution is -2.16. The van der Waals surface area contributed by atoms with Crippen LogP contribution in [0.1, 0.15) is 10.9 Å². The summed E-state index contributed by atoms with van der Waals surface area (Å²) in [5.41, 5.74) is 5.73. The third kappa shape index (κ3) is 1.95. The number of nitrogens with two attached hydrogens (primary N) is 1. The molecule has 0 spiro atoms. The van der Waals surface area contributed by atoms with Crippen molar-refractivity contribution in [1.82, 2.24) is 0 Å². The summed E-state index contributed by atoms with van der Waals surface area (Å²) in [4.78, 5) is 10.6. The number of carbonyl (C=O) groups excluding carboxylic acids is 1. The fourth-order valence-corrected chi connectivity index (χ4v) is 0.932. The molecule has 11 heavy (non-hydrogen) atoms. The Kier molecular flexibility index (Phi) is 2.49. The van der Waals surface area contributed by atoms with E-state index in [4.69, 9.17) is 17.3 Å². The minimum absolute atomic E-state index is 0.516. The van der Waals surface area contributed by atoms with Crippen LogP contribution in [0.3, 0.4) is 0 Å². The summed E-state index contributed by atoms with van der Waals surface area (Å²) in [5.74, 6) is -0.516. The van der Waals surface area contributed by atoms with Crippen molar-refractivity contribution in [3.05, 3.63) is 35.9 Å². The summed E-state index contributed by atoms with van der Waals surface area (Å²) in [7, 11) is 0. The molecule has 0 heterocycles. The molecule has 0 bridgehead atoms. The Bertz CT molecular complexity index is 248. The molecule has 58 valence electrons. The van der Waals surface area contributed by atoms with Crippen LogP contribution in [0.25, 0.3) is 0 Å². The third-order valence-corrected chi connectivity index (χ3v) is 1.81. The second kappa shape index (κ2) is 3.39. The first-order valence-electron chi connectivity index (χ1n) is 3.20. The van der Waals surface area contributed by atoms with Crippen molar-refractivity contribution in [2.24, 2.45) is 5.73 Å². The van der Waals surface area contributed by atoms with E-state index in [9.17, 15) is 4.79 Å². The molecule has 0 radical (unpaired) electrons.